The van der Waals surface area contributed by atoms with E-state index in [9.17, 15) is 0 Å². The highest BCUT2D eigenvalue weighted by atomic mass is 14.0. The second kappa shape index (κ2) is 4.71. The zero-order chi connectivity index (χ0) is 9.64. The second-order valence-corrected chi connectivity index (χ2v) is 3.64. The molecule has 0 aromatic heterocycles. The lowest BCUT2D eigenvalue weighted by Gasteiger charge is -2.00. The number of hydrogen-bond acceptors (Lipinski definition) is 0. The maximum Gasteiger partial charge on any atom is -0.00127 e. The maximum absolute atomic E-state index is 2.28. The second-order valence-electron chi connectivity index (χ2n) is 3.64. The fourth-order valence-corrected chi connectivity index (χ4v) is 1.66. The Labute approximate surface area is 85.6 Å². The van der Waals surface area contributed by atoms with Crippen LogP contribution in [0.15, 0.2) is 60.7 Å². The molecule has 0 N–H and O–H groups in total. The van der Waals surface area contributed by atoms with Crippen LogP contribution >= 0.6 is 0 Å². The molecule has 0 saturated carbocycles. The Balaban J connectivity index is 1.73. The summed E-state index contributed by atoms with van der Waals surface area (Å²) in [5.41, 5.74) is 1.40. The van der Waals surface area contributed by atoms with Crippen LogP contribution < -0.4 is 0 Å². The minimum absolute atomic E-state index is 0.630. The molecule has 1 aliphatic rings. The number of allylic oxidation sites excluding steroid dienone is 6. The van der Waals surface area contributed by atoms with Crippen LogP contribution in [0.5, 0.6) is 0 Å². The van der Waals surface area contributed by atoms with Gasteiger partial charge in [-0.25, -0.2) is 6.07 Å². The van der Waals surface area contributed by atoms with Crippen LogP contribution in [-0.4, -0.2) is 0 Å². The first-order valence-corrected chi connectivity index (χ1v) is 5.16. The molecule has 0 aliphatic heterocycles. The molecule has 1 aliphatic carbocycles. The van der Waals surface area contributed by atoms with Crippen molar-refractivity contribution in [3.05, 3.63) is 66.3 Å². The average Bonchev–Trinajstić information content (AvgIpc) is 2.86. The van der Waals surface area contributed by atoms with Crippen molar-refractivity contribution in [3.63, 3.8) is 0 Å². The van der Waals surface area contributed by atoms with Crippen LogP contribution in [-0.2, 0) is 6.42 Å². The van der Waals surface area contributed by atoms with Gasteiger partial charge < -0.3 is 0 Å². The van der Waals surface area contributed by atoms with Gasteiger partial charge in [0.15, 0.2) is 0 Å². The van der Waals surface area contributed by atoms with Crippen molar-refractivity contribution in [2.24, 2.45) is 5.92 Å². The summed E-state index contributed by atoms with van der Waals surface area (Å²) in [5, 5.41) is 0. The molecular weight excluding hydrogens is 168 g/mol. The molecule has 0 fully saturated rings. The predicted molar refractivity (Wildman–Crippen MR) is 61.3 cm³/mol. The molecule has 0 atom stereocenters. The Hall–Kier alpha value is -1.43. The van der Waals surface area contributed by atoms with E-state index in [1.807, 2.05) is 0 Å². The summed E-state index contributed by atoms with van der Waals surface area (Å²) in [6.07, 6.45) is 15.5. The lowest BCUT2D eigenvalue weighted by Crippen LogP contribution is -1.85. The molecule has 0 heterocycles. The van der Waals surface area contributed by atoms with E-state index in [0.29, 0.717) is 5.92 Å². The van der Waals surface area contributed by atoms with Gasteiger partial charge in [-0.1, -0.05) is 42.9 Å². The highest BCUT2D eigenvalue weighted by Crippen LogP contribution is 2.13. The minimum atomic E-state index is 0.630. The van der Waals surface area contributed by atoms with E-state index >= 15 is 0 Å². The summed E-state index contributed by atoms with van der Waals surface area (Å²) in [6, 6.07) is 8.51. The molecule has 2 rings (SSSR count). The van der Waals surface area contributed by atoms with E-state index in [4.69, 9.17) is 0 Å². The SMILES string of the molecule is C1=CC(CC=CCc2cc[cH-]c2)C=C1. The number of rotatable bonds is 4. The molecule has 72 valence electrons. The van der Waals surface area contributed by atoms with E-state index in [0.717, 1.165) is 12.8 Å². The van der Waals surface area contributed by atoms with Crippen LogP contribution in [0.1, 0.15) is 12.0 Å². The van der Waals surface area contributed by atoms with Crippen molar-refractivity contribution in [1.29, 1.82) is 0 Å². The van der Waals surface area contributed by atoms with Gasteiger partial charge in [0.05, 0.1) is 0 Å². The standard InChI is InChI=1S/C14H15/c1-2-8-13(7-1)11-5-6-12-14-9-3-4-10-14/h1-10,13H,11-12H2/q-1. The highest BCUT2D eigenvalue weighted by molar-refractivity contribution is 5.20. The summed E-state index contributed by atoms with van der Waals surface area (Å²) in [4.78, 5) is 0. The third-order valence-corrected chi connectivity index (χ3v) is 2.49. The van der Waals surface area contributed by atoms with Gasteiger partial charge in [-0.15, -0.1) is 0 Å². The van der Waals surface area contributed by atoms with Gasteiger partial charge >= 0.3 is 0 Å². The maximum atomic E-state index is 2.28. The summed E-state index contributed by atoms with van der Waals surface area (Å²) in [6.45, 7) is 0. The molecule has 0 heteroatoms. The van der Waals surface area contributed by atoms with E-state index in [1.165, 1.54) is 5.56 Å². The van der Waals surface area contributed by atoms with Crippen LogP contribution in [0.3, 0.4) is 0 Å². The fraction of sp³-hybridized carbons (Fsp3) is 0.214. The first-order valence-electron chi connectivity index (χ1n) is 5.16. The Morgan fingerprint density at radius 3 is 2.79 bits per heavy atom. The molecule has 0 amide bonds. The van der Waals surface area contributed by atoms with Crippen molar-refractivity contribution >= 4 is 0 Å². The summed E-state index contributed by atoms with van der Waals surface area (Å²) >= 11 is 0. The smallest absolute Gasteiger partial charge is 0.00127 e. The van der Waals surface area contributed by atoms with Gasteiger partial charge in [-0.05, 0) is 12.3 Å². The van der Waals surface area contributed by atoms with Crippen LogP contribution in [0, 0.1) is 5.92 Å². The van der Waals surface area contributed by atoms with Gasteiger partial charge in [0.1, 0.15) is 0 Å². The first kappa shape index (κ1) is 9.14. The van der Waals surface area contributed by atoms with Gasteiger partial charge in [0.25, 0.3) is 0 Å². The average molecular weight is 183 g/mol. The normalized spacial score (nSPS) is 16.0. The molecule has 0 saturated heterocycles. The predicted octanol–water partition coefficient (Wildman–Crippen LogP) is 3.64. The Morgan fingerprint density at radius 1 is 1.21 bits per heavy atom. The Morgan fingerprint density at radius 2 is 2.07 bits per heavy atom. The van der Waals surface area contributed by atoms with Crippen LogP contribution in [0.2, 0.25) is 0 Å². The zero-order valence-electron chi connectivity index (χ0n) is 8.27. The zero-order valence-corrected chi connectivity index (χ0v) is 8.27. The third kappa shape index (κ3) is 2.53. The van der Waals surface area contributed by atoms with Crippen LogP contribution in [0.25, 0.3) is 0 Å². The summed E-state index contributed by atoms with van der Waals surface area (Å²) < 4.78 is 0. The summed E-state index contributed by atoms with van der Waals surface area (Å²) in [7, 11) is 0. The fourth-order valence-electron chi connectivity index (χ4n) is 1.66. The molecule has 0 unspecified atom stereocenters. The highest BCUT2D eigenvalue weighted by Gasteiger charge is 1.98. The molecule has 0 bridgehead atoms. The Bertz CT molecular complexity index is 324. The quantitative estimate of drug-likeness (QED) is 0.494. The third-order valence-electron chi connectivity index (χ3n) is 2.49. The van der Waals surface area contributed by atoms with Crippen molar-refractivity contribution in [3.8, 4) is 0 Å². The van der Waals surface area contributed by atoms with Crippen LogP contribution in [0.4, 0.5) is 0 Å². The van der Waals surface area contributed by atoms with Gasteiger partial charge in [0, 0.05) is 0 Å². The molecule has 0 radical (unpaired) electrons. The topological polar surface area (TPSA) is 0 Å². The van der Waals surface area contributed by atoms with Crippen molar-refractivity contribution < 1.29 is 0 Å². The van der Waals surface area contributed by atoms with Gasteiger partial charge in [-0.2, -0.15) is 23.8 Å². The van der Waals surface area contributed by atoms with E-state index in [1.54, 1.807) is 0 Å². The van der Waals surface area contributed by atoms with Crippen molar-refractivity contribution in [1.82, 2.24) is 0 Å². The monoisotopic (exact) mass is 183 g/mol. The number of hydrogen-bond donors (Lipinski definition) is 0. The first-order chi connectivity index (χ1) is 6.95. The molecule has 14 heavy (non-hydrogen) atoms. The van der Waals surface area contributed by atoms with Gasteiger partial charge in [0.2, 0.25) is 0 Å². The largest absolute Gasteiger partial charge is 0.210 e. The molecule has 0 nitrogen and oxygen atoms in total. The lowest BCUT2D eigenvalue weighted by molar-refractivity contribution is 0.842. The molecule has 0 spiro atoms. The molecular formula is C14H15-. The Kier molecular flexibility index (Phi) is 3.07. The van der Waals surface area contributed by atoms with E-state index in [2.05, 4.69) is 60.7 Å². The lowest BCUT2D eigenvalue weighted by atomic mass is 10.1. The van der Waals surface area contributed by atoms with Gasteiger partial charge in [-0.3, -0.25) is 0 Å². The van der Waals surface area contributed by atoms with Crippen molar-refractivity contribution in [2.75, 3.05) is 0 Å². The molecule has 1 aromatic rings. The van der Waals surface area contributed by atoms with E-state index in [-0.39, 0.29) is 0 Å². The van der Waals surface area contributed by atoms with Crippen molar-refractivity contribution in [2.45, 2.75) is 12.8 Å². The minimum Gasteiger partial charge on any atom is -0.210 e. The molecule has 1 aromatic carbocycles. The summed E-state index contributed by atoms with van der Waals surface area (Å²) in [5.74, 6) is 0.630. The van der Waals surface area contributed by atoms with E-state index < -0.39 is 0 Å².